The fourth-order valence-electron chi connectivity index (χ4n) is 3.45. The Morgan fingerprint density at radius 3 is 2.23 bits per heavy atom. The van der Waals surface area contributed by atoms with Gasteiger partial charge in [-0.25, -0.2) is 0 Å². The van der Waals surface area contributed by atoms with E-state index >= 15 is 0 Å². The Kier molecular flexibility index (Phi) is 6.42. The zero-order valence-corrected chi connectivity index (χ0v) is 15.8. The topological polar surface area (TPSA) is 35.6 Å². The average Bonchev–Trinajstić information content (AvgIpc) is 2.64. The maximum absolute atomic E-state index is 12.5. The molecule has 1 aliphatic heterocycles. The molecule has 0 saturated carbocycles. The molecule has 0 aromatic heterocycles. The molecule has 26 heavy (non-hydrogen) atoms. The van der Waals surface area contributed by atoms with E-state index < -0.39 is 0 Å². The van der Waals surface area contributed by atoms with Gasteiger partial charge in [-0.05, 0) is 23.1 Å². The highest BCUT2D eigenvalue weighted by molar-refractivity contribution is 5.93. The highest BCUT2D eigenvalue weighted by atomic mass is 16.2. The van der Waals surface area contributed by atoms with Crippen molar-refractivity contribution in [3.63, 3.8) is 0 Å². The number of nitrogens with one attached hydrogen (secondary N) is 1. The quantitative estimate of drug-likeness (QED) is 0.864. The van der Waals surface area contributed by atoms with Gasteiger partial charge in [-0.2, -0.15) is 0 Å². The number of anilines is 1. The molecule has 0 bridgehead atoms. The smallest absolute Gasteiger partial charge is 0.238 e. The van der Waals surface area contributed by atoms with E-state index in [1.54, 1.807) is 0 Å². The number of benzene rings is 2. The van der Waals surface area contributed by atoms with Gasteiger partial charge in [-0.3, -0.25) is 14.6 Å². The van der Waals surface area contributed by atoms with Gasteiger partial charge >= 0.3 is 0 Å². The first-order valence-corrected chi connectivity index (χ1v) is 9.49. The predicted octanol–water partition coefficient (Wildman–Crippen LogP) is 3.57. The molecule has 1 heterocycles. The Morgan fingerprint density at radius 1 is 0.923 bits per heavy atom. The molecule has 2 aromatic rings. The summed E-state index contributed by atoms with van der Waals surface area (Å²) < 4.78 is 0. The Morgan fingerprint density at radius 2 is 1.54 bits per heavy atom. The number of hydrogen-bond donors (Lipinski definition) is 1. The van der Waals surface area contributed by atoms with E-state index in [0.717, 1.165) is 38.4 Å². The second kappa shape index (κ2) is 8.97. The lowest BCUT2D eigenvalue weighted by Crippen LogP contribution is -2.48. The van der Waals surface area contributed by atoms with Gasteiger partial charge in [0.2, 0.25) is 5.91 Å². The van der Waals surface area contributed by atoms with E-state index in [-0.39, 0.29) is 5.91 Å². The fraction of sp³-hybridized carbons (Fsp3) is 0.409. The molecule has 4 heteroatoms. The Hall–Kier alpha value is -2.17. The molecule has 3 rings (SSSR count). The average molecular weight is 351 g/mol. The van der Waals surface area contributed by atoms with Crippen LogP contribution in [0.15, 0.2) is 54.6 Å². The summed E-state index contributed by atoms with van der Waals surface area (Å²) in [6, 6.07) is 18.7. The number of carbonyl (C=O) groups is 1. The van der Waals surface area contributed by atoms with Crippen LogP contribution in [-0.4, -0.2) is 48.4 Å². The molecule has 0 unspecified atom stereocenters. The first-order valence-electron chi connectivity index (χ1n) is 9.49. The molecule has 0 atom stereocenters. The Balaban J connectivity index is 1.46. The fourth-order valence-corrected chi connectivity index (χ4v) is 3.45. The van der Waals surface area contributed by atoms with Crippen molar-refractivity contribution in [3.8, 4) is 0 Å². The lowest BCUT2D eigenvalue weighted by molar-refractivity contribution is -0.117. The number of para-hydroxylation sites is 1. The molecule has 0 radical (unpaired) electrons. The van der Waals surface area contributed by atoms with Gasteiger partial charge in [0.05, 0.1) is 6.54 Å². The van der Waals surface area contributed by atoms with Crippen LogP contribution in [0.1, 0.15) is 30.9 Å². The summed E-state index contributed by atoms with van der Waals surface area (Å²) in [6.07, 6.45) is 0. The van der Waals surface area contributed by atoms with Crippen LogP contribution in [0.5, 0.6) is 0 Å². The Bertz CT molecular complexity index is 706. The van der Waals surface area contributed by atoms with E-state index in [1.807, 2.05) is 18.2 Å². The largest absolute Gasteiger partial charge is 0.325 e. The van der Waals surface area contributed by atoms with Gasteiger partial charge < -0.3 is 5.32 Å². The van der Waals surface area contributed by atoms with Crippen LogP contribution in [0.2, 0.25) is 0 Å². The van der Waals surface area contributed by atoms with Gasteiger partial charge in [0.15, 0.2) is 0 Å². The van der Waals surface area contributed by atoms with Crippen molar-refractivity contribution < 1.29 is 4.79 Å². The van der Waals surface area contributed by atoms with E-state index in [0.29, 0.717) is 12.5 Å². The van der Waals surface area contributed by atoms with Gasteiger partial charge in [0.25, 0.3) is 0 Å². The molecule has 1 N–H and O–H groups in total. The SMILES string of the molecule is CC(C)c1ccccc1NC(=O)CN1CCN(Cc2ccccc2)CC1. The number of nitrogens with zero attached hydrogens (tertiary/aromatic N) is 2. The summed E-state index contributed by atoms with van der Waals surface area (Å²) in [5.41, 5.74) is 3.48. The molecule has 0 spiro atoms. The van der Waals surface area contributed by atoms with Crippen LogP contribution >= 0.6 is 0 Å². The van der Waals surface area contributed by atoms with Gasteiger partial charge in [0, 0.05) is 38.4 Å². The molecule has 1 aliphatic rings. The van der Waals surface area contributed by atoms with Crippen molar-refractivity contribution in [3.05, 3.63) is 65.7 Å². The van der Waals surface area contributed by atoms with Crippen LogP contribution in [0.3, 0.4) is 0 Å². The minimum absolute atomic E-state index is 0.0783. The monoisotopic (exact) mass is 351 g/mol. The summed E-state index contributed by atoms with van der Waals surface area (Å²) in [4.78, 5) is 17.2. The number of piperazine rings is 1. The van der Waals surface area contributed by atoms with Gasteiger partial charge in [-0.1, -0.05) is 62.4 Å². The van der Waals surface area contributed by atoms with E-state index in [9.17, 15) is 4.79 Å². The first-order chi connectivity index (χ1) is 12.6. The van der Waals surface area contributed by atoms with Crippen molar-refractivity contribution in [2.24, 2.45) is 0 Å². The molecule has 2 aromatic carbocycles. The molecule has 1 amide bonds. The number of rotatable bonds is 6. The molecule has 1 saturated heterocycles. The highest BCUT2D eigenvalue weighted by Crippen LogP contribution is 2.23. The minimum Gasteiger partial charge on any atom is -0.325 e. The molecule has 1 fully saturated rings. The molecule has 0 aliphatic carbocycles. The third-order valence-electron chi connectivity index (χ3n) is 4.94. The van der Waals surface area contributed by atoms with Gasteiger partial charge in [0.1, 0.15) is 0 Å². The highest BCUT2D eigenvalue weighted by Gasteiger charge is 2.19. The second-order valence-corrected chi connectivity index (χ2v) is 7.33. The molecular formula is C22H29N3O. The summed E-state index contributed by atoms with van der Waals surface area (Å²) in [6.45, 7) is 9.63. The summed E-state index contributed by atoms with van der Waals surface area (Å²) in [5, 5.41) is 3.10. The van der Waals surface area contributed by atoms with Crippen LogP contribution < -0.4 is 5.32 Å². The van der Waals surface area contributed by atoms with Crippen LogP contribution in [-0.2, 0) is 11.3 Å². The van der Waals surface area contributed by atoms with Crippen LogP contribution in [0.4, 0.5) is 5.69 Å². The lowest BCUT2D eigenvalue weighted by atomic mass is 10.0. The third-order valence-corrected chi connectivity index (χ3v) is 4.94. The van der Waals surface area contributed by atoms with Crippen molar-refractivity contribution >= 4 is 11.6 Å². The molecule has 138 valence electrons. The molecular weight excluding hydrogens is 322 g/mol. The predicted molar refractivity (Wildman–Crippen MR) is 107 cm³/mol. The van der Waals surface area contributed by atoms with E-state index in [2.05, 4.69) is 65.4 Å². The number of carbonyl (C=O) groups excluding carboxylic acids is 1. The zero-order valence-electron chi connectivity index (χ0n) is 15.8. The lowest BCUT2D eigenvalue weighted by Gasteiger charge is -2.34. The second-order valence-electron chi connectivity index (χ2n) is 7.33. The van der Waals surface area contributed by atoms with Crippen LogP contribution in [0.25, 0.3) is 0 Å². The Labute approximate surface area is 156 Å². The summed E-state index contributed by atoms with van der Waals surface area (Å²) in [5.74, 6) is 0.475. The standard InChI is InChI=1S/C22H29N3O/c1-18(2)20-10-6-7-11-21(20)23-22(26)17-25-14-12-24(13-15-25)16-19-8-4-3-5-9-19/h3-11,18H,12-17H2,1-2H3,(H,23,26). The zero-order chi connectivity index (χ0) is 18.4. The summed E-state index contributed by atoms with van der Waals surface area (Å²) in [7, 11) is 0. The van der Waals surface area contributed by atoms with Crippen molar-refractivity contribution in [2.45, 2.75) is 26.3 Å². The normalized spacial score (nSPS) is 16.0. The molecule has 4 nitrogen and oxygen atoms in total. The van der Waals surface area contributed by atoms with Crippen molar-refractivity contribution in [1.29, 1.82) is 0 Å². The maximum atomic E-state index is 12.5. The van der Waals surface area contributed by atoms with E-state index in [1.165, 1.54) is 11.1 Å². The van der Waals surface area contributed by atoms with Crippen molar-refractivity contribution in [1.82, 2.24) is 9.80 Å². The minimum atomic E-state index is 0.0783. The van der Waals surface area contributed by atoms with Crippen molar-refractivity contribution in [2.75, 3.05) is 38.0 Å². The van der Waals surface area contributed by atoms with E-state index in [4.69, 9.17) is 0 Å². The van der Waals surface area contributed by atoms with Crippen LogP contribution in [0, 0.1) is 0 Å². The third kappa shape index (κ3) is 5.16. The number of amides is 1. The van der Waals surface area contributed by atoms with Gasteiger partial charge in [-0.15, -0.1) is 0 Å². The summed E-state index contributed by atoms with van der Waals surface area (Å²) >= 11 is 0. The first kappa shape index (κ1) is 18.6. The maximum Gasteiger partial charge on any atom is 0.238 e. The number of hydrogen-bond acceptors (Lipinski definition) is 3.